The highest BCUT2D eigenvalue weighted by Crippen LogP contribution is 2.46. The van der Waals surface area contributed by atoms with E-state index in [-0.39, 0.29) is 6.04 Å². The van der Waals surface area contributed by atoms with Crippen LogP contribution in [-0.4, -0.2) is 37.6 Å². The van der Waals surface area contributed by atoms with E-state index in [4.69, 9.17) is 10.3 Å². The highest BCUT2D eigenvalue weighted by atomic mass is 31.2. The predicted molar refractivity (Wildman–Crippen MR) is 60.7 cm³/mol. The first-order chi connectivity index (χ1) is 6.56. The molecule has 0 amide bonds. The first kappa shape index (κ1) is 14.1. The summed E-state index contributed by atoms with van der Waals surface area (Å²) < 4.78 is 18.6. The fraction of sp³-hybridized carbons (Fsp3) is 1.00. The van der Waals surface area contributed by atoms with Gasteiger partial charge in [0.15, 0.2) is 0 Å². The lowest BCUT2D eigenvalue weighted by Gasteiger charge is -2.33. The van der Waals surface area contributed by atoms with Gasteiger partial charge in [-0.1, -0.05) is 13.8 Å². The molecule has 4 nitrogen and oxygen atoms in total. The summed E-state index contributed by atoms with van der Waals surface area (Å²) in [5.41, 5.74) is 5.72. The molecule has 1 atom stereocenters. The molecular formula is C9H23N2O2P. The second-order valence-corrected chi connectivity index (χ2v) is 5.81. The Morgan fingerprint density at radius 3 is 2.14 bits per heavy atom. The molecule has 5 heteroatoms. The molecule has 1 unspecified atom stereocenters. The van der Waals surface area contributed by atoms with Crippen LogP contribution in [0.4, 0.5) is 0 Å². The fourth-order valence-electron chi connectivity index (χ4n) is 1.36. The standard InChI is InChI=1S/C7H17N2O2P.C2H6/c1-11-12(2,10)9-5-3-7(8)4-6-9;1-2/h7H,3-6,8H2,1-2H3;1-2H3. The molecule has 2 N–H and O–H groups in total. The predicted octanol–water partition coefficient (Wildman–Crippen LogP) is 1.91. The Balaban J connectivity index is 0.000000791. The monoisotopic (exact) mass is 222 g/mol. The van der Waals surface area contributed by atoms with Gasteiger partial charge in [0.25, 0.3) is 7.52 Å². The van der Waals surface area contributed by atoms with E-state index >= 15 is 0 Å². The largest absolute Gasteiger partial charge is 0.328 e. The number of nitrogens with zero attached hydrogens (tertiary/aromatic N) is 1. The second-order valence-electron chi connectivity index (χ2n) is 3.28. The van der Waals surface area contributed by atoms with Crippen molar-refractivity contribution < 1.29 is 9.09 Å². The molecule has 86 valence electrons. The van der Waals surface area contributed by atoms with Crippen LogP contribution in [-0.2, 0) is 9.09 Å². The highest BCUT2D eigenvalue weighted by molar-refractivity contribution is 7.55. The third kappa shape index (κ3) is 4.09. The Morgan fingerprint density at radius 1 is 1.36 bits per heavy atom. The zero-order chi connectivity index (χ0) is 11.2. The first-order valence-electron chi connectivity index (χ1n) is 5.20. The van der Waals surface area contributed by atoms with Crippen LogP contribution in [0.1, 0.15) is 26.7 Å². The first-order valence-corrected chi connectivity index (χ1v) is 7.23. The van der Waals surface area contributed by atoms with Gasteiger partial charge in [-0.3, -0.25) is 4.57 Å². The average molecular weight is 222 g/mol. The zero-order valence-electron chi connectivity index (χ0n) is 9.69. The molecule has 0 radical (unpaired) electrons. The molecule has 1 aliphatic heterocycles. The van der Waals surface area contributed by atoms with Gasteiger partial charge in [0.2, 0.25) is 0 Å². The van der Waals surface area contributed by atoms with E-state index < -0.39 is 7.52 Å². The molecule has 0 aromatic heterocycles. The Bertz CT molecular complexity index is 191. The van der Waals surface area contributed by atoms with Crippen LogP contribution in [0, 0.1) is 0 Å². The number of nitrogens with two attached hydrogens (primary N) is 1. The van der Waals surface area contributed by atoms with E-state index in [0.717, 1.165) is 25.9 Å². The molecule has 1 heterocycles. The Labute approximate surface area is 87.3 Å². The Kier molecular flexibility index (Phi) is 6.62. The third-order valence-electron chi connectivity index (χ3n) is 2.37. The van der Waals surface area contributed by atoms with Gasteiger partial charge in [0.1, 0.15) is 0 Å². The summed E-state index contributed by atoms with van der Waals surface area (Å²) in [5.74, 6) is 0. The molecule has 0 aromatic carbocycles. The van der Waals surface area contributed by atoms with E-state index in [1.54, 1.807) is 6.66 Å². The van der Waals surface area contributed by atoms with Crippen LogP contribution >= 0.6 is 7.52 Å². The highest BCUT2D eigenvalue weighted by Gasteiger charge is 2.28. The lowest BCUT2D eigenvalue weighted by Crippen LogP contribution is -2.37. The van der Waals surface area contributed by atoms with Crippen molar-refractivity contribution in [2.75, 3.05) is 26.9 Å². The van der Waals surface area contributed by atoms with Crippen LogP contribution in [0.15, 0.2) is 0 Å². The van der Waals surface area contributed by atoms with Crippen LogP contribution in [0.5, 0.6) is 0 Å². The third-order valence-corrected chi connectivity index (χ3v) is 4.47. The fourth-order valence-corrected chi connectivity index (χ4v) is 2.55. The van der Waals surface area contributed by atoms with E-state index in [0.29, 0.717) is 0 Å². The molecule has 1 fully saturated rings. The van der Waals surface area contributed by atoms with Crippen molar-refractivity contribution in [3.05, 3.63) is 0 Å². The Morgan fingerprint density at radius 2 is 1.79 bits per heavy atom. The smallest absolute Gasteiger partial charge is 0.269 e. The molecule has 0 spiro atoms. The zero-order valence-corrected chi connectivity index (χ0v) is 10.6. The lowest BCUT2D eigenvalue weighted by atomic mass is 10.1. The maximum Gasteiger partial charge on any atom is 0.269 e. The quantitative estimate of drug-likeness (QED) is 0.725. The second kappa shape index (κ2) is 6.57. The van der Waals surface area contributed by atoms with E-state index in [1.165, 1.54) is 7.11 Å². The summed E-state index contributed by atoms with van der Waals surface area (Å²) >= 11 is 0. The minimum atomic E-state index is -2.50. The SMILES string of the molecule is CC.COP(C)(=O)N1CCC(N)CC1. The van der Waals surface area contributed by atoms with Crippen LogP contribution in [0.2, 0.25) is 0 Å². The number of rotatable bonds is 2. The summed E-state index contributed by atoms with van der Waals surface area (Å²) in [6.45, 7) is 7.25. The van der Waals surface area contributed by atoms with Gasteiger partial charge >= 0.3 is 0 Å². The summed E-state index contributed by atoms with van der Waals surface area (Å²) in [6, 6.07) is 0.276. The number of hydrogen-bond acceptors (Lipinski definition) is 3. The van der Waals surface area contributed by atoms with Gasteiger partial charge < -0.3 is 10.3 Å². The van der Waals surface area contributed by atoms with Crippen LogP contribution < -0.4 is 5.73 Å². The van der Waals surface area contributed by atoms with Gasteiger partial charge in [0, 0.05) is 32.9 Å². The van der Waals surface area contributed by atoms with E-state index in [1.807, 2.05) is 18.5 Å². The molecular weight excluding hydrogens is 199 g/mol. The van der Waals surface area contributed by atoms with Crippen molar-refractivity contribution in [1.29, 1.82) is 0 Å². The van der Waals surface area contributed by atoms with E-state index in [9.17, 15) is 4.57 Å². The minimum Gasteiger partial charge on any atom is -0.328 e. The molecule has 0 saturated carbocycles. The molecule has 0 aliphatic carbocycles. The lowest BCUT2D eigenvalue weighted by molar-refractivity contribution is 0.267. The van der Waals surface area contributed by atoms with Crippen molar-refractivity contribution in [2.24, 2.45) is 5.73 Å². The number of piperidine rings is 1. The van der Waals surface area contributed by atoms with E-state index in [2.05, 4.69) is 0 Å². The van der Waals surface area contributed by atoms with Crippen molar-refractivity contribution in [1.82, 2.24) is 4.67 Å². The molecule has 14 heavy (non-hydrogen) atoms. The topological polar surface area (TPSA) is 55.6 Å². The van der Waals surface area contributed by atoms with Crippen molar-refractivity contribution >= 4 is 7.52 Å². The maximum absolute atomic E-state index is 11.7. The molecule has 1 rings (SSSR count). The molecule has 1 aliphatic rings. The summed E-state index contributed by atoms with van der Waals surface area (Å²) in [4.78, 5) is 0. The Hall–Kier alpha value is 0.110. The van der Waals surface area contributed by atoms with Crippen LogP contribution in [0.25, 0.3) is 0 Å². The van der Waals surface area contributed by atoms with Gasteiger partial charge in [-0.05, 0) is 12.8 Å². The summed E-state index contributed by atoms with van der Waals surface area (Å²) in [5, 5.41) is 0. The number of hydrogen-bond donors (Lipinski definition) is 1. The van der Waals surface area contributed by atoms with Gasteiger partial charge in [0.05, 0.1) is 0 Å². The van der Waals surface area contributed by atoms with Crippen molar-refractivity contribution in [3.63, 3.8) is 0 Å². The van der Waals surface area contributed by atoms with Crippen molar-refractivity contribution in [2.45, 2.75) is 32.7 Å². The summed E-state index contributed by atoms with van der Waals surface area (Å²) in [6.07, 6.45) is 1.84. The average Bonchev–Trinajstić information content (AvgIpc) is 2.21. The summed E-state index contributed by atoms with van der Waals surface area (Å²) in [7, 11) is -1.00. The van der Waals surface area contributed by atoms with Crippen LogP contribution in [0.3, 0.4) is 0 Å². The van der Waals surface area contributed by atoms with Gasteiger partial charge in [-0.2, -0.15) is 0 Å². The van der Waals surface area contributed by atoms with Crippen molar-refractivity contribution in [3.8, 4) is 0 Å². The molecule has 1 saturated heterocycles. The van der Waals surface area contributed by atoms with Gasteiger partial charge in [-0.15, -0.1) is 0 Å². The molecule has 0 aromatic rings. The normalized spacial score (nSPS) is 23.5. The minimum absolute atomic E-state index is 0.276. The molecule has 0 bridgehead atoms. The van der Waals surface area contributed by atoms with Gasteiger partial charge in [-0.25, -0.2) is 4.67 Å². The maximum atomic E-state index is 11.7.